The summed E-state index contributed by atoms with van der Waals surface area (Å²) in [6.45, 7) is 1.16. The first-order valence-electron chi connectivity index (χ1n) is 6.13. The minimum atomic E-state index is -0.303. The molecule has 0 saturated heterocycles. The lowest BCUT2D eigenvalue weighted by molar-refractivity contribution is -0.147. The van der Waals surface area contributed by atoms with E-state index in [1.807, 2.05) is 0 Å². The largest absolute Gasteiger partial charge is 0.468 e. The van der Waals surface area contributed by atoms with Crippen LogP contribution in [0.15, 0.2) is 0 Å². The molecule has 1 unspecified atom stereocenters. The van der Waals surface area contributed by atoms with Crippen LogP contribution in [0.1, 0.15) is 12.8 Å². The maximum Gasteiger partial charge on any atom is 0.323 e. The lowest BCUT2D eigenvalue weighted by Gasteiger charge is -2.25. The quantitative estimate of drug-likeness (QED) is 0.475. The van der Waals surface area contributed by atoms with Crippen molar-refractivity contribution < 1.29 is 19.1 Å². The number of hydrogen-bond donors (Lipinski definition) is 1. The standard InChI is InChI=1S/C12H22N2O4/c1-14(8-10(15)13-6-7-17-2)11(9-4-5-9)12(16)18-3/h9,11H,4-8H2,1-3H3,(H,13,15). The summed E-state index contributed by atoms with van der Waals surface area (Å²) in [7, 11) is 4.73. The second-order valence-electron chi connectivity index (χ2n) is 4.56. The molecule has 1 fully saturated rings. The molecule has 6 heteroatoms. The number of amides is 1. The van der Waals surface area contributed by atoms with Crippen molar-refractivity contribution in [3.8, 4) is 0 Å². The van der Waals surface area contributed by atoms with Gasteiger partial charge in [0.1, 0.15) is 6.04 Å². The minimum absolute atomic E-state index is 0.107. The van der Waals surface area contributed by atoms with Crippen molar-refractivity contribution in [2.24, 2.45) is 5.92 Å². The van der Waals surface area contributed by atoms with E-state index in [4.69, 9.17) is 9.47 Å². The summed E-state index contributed by atoms with van der Waals surface area (Å²) < 4.78 is 9.63. The fourth-order valence-electron chi connectivity index (χ4n) is 1.94. The Hall–Kier alpha value is -1.14. The number of likely N-dealkylation sites (N-methyl/N-ethyl adjacent to an activating group) is 1. The van der Waals surface area contributed by atoms with Gasteiger partial charge in [-0.15, -0.1) is 0 Å². The maximum absolute atomic E-state index is 11.7. The highest BCUT2D eigenvalue weighted by Gasteiger charge is 2.40. The van der Waals surface area contributed by atoms with Crippen LogP contribution in [0.2, 0.25) is 0 Å². The first-order chi connectivity index (χ1) is 8.60. The summed E-state index contributed by atoms with van der Waals surface area (Å²) >= 11 is 0. The Morgan fingerprint density at radius 2 is 2.06 bits per heavy atom. The fraction of sp³-hybridized carbons (Fsp3) is 0.833. The molecule has 0 heterocycles. The van der Waals surface area contributed by atoms with E-state index in [-0.39, 0.29) is 24.5 Å². The molecule has 0 spiro atoms. The molecule has 1 aliphatic carbocycles. The summed E-state index contributed by atoms with van der Waals surface area (Å²) in [6.07, 6.45) is 2.05. The van der Waals surface area contributed by atoms with Crippen LogP contribution in [0.4, 0.5) is 0 Å². The Kier molecular flexibility index (Phi) is 6.07. The van der Waals surface area contributed by atoms with E-state index < -0.39 is 0 Å². The van der Waals surface area contributed by atoms with E-state index in [9.17, 15) is 9.59 Å². The van der Waals surface area contributed by atoms with Crippen LogP contribution in [0.3, 0.4) is 0 Å². The molecule has 1 N–H and O–H groups in total. The topological polar surface area (TPSA) is 67.9 Å². The number of hydrogen-bond acceptors (Lipinski definition) is 5. The Bertz CT molecular complexity index is 292. The Labute approximate surface area is 108 Å². The fourth-order valence-corrected chi connectivity index (χ4v) is 1.94. The number of ether oxygens (including phenoxy) is 2. The second kappa shape index (κ2) is 7.33. The molecule has 1 amide bonds. The van der Waals surface area contributed by atoms with Gasteiger partial charge < -0.3 is 14.8 Å². The molecular weight excluding hydrogens is 236 g/mol. The highest BCUT2D eigenvalue weighted by Crippen LogP contribution is 2.35. The molecule has 0 radical (unpaired) electrons. The number of carbonyl (C=O) groups is 2. The average molecular weight is 258 g/mol. The molecule has 1 aliphatic rings. The van der Waals surface area contributed by atoms with Crippen molar-refractivity contribution in [3.63, 3.8) is 0 Å². The van der Waals surface area contributed by atoms with Crippen molar-refractivity contribution >= 4 is 11.9 Å². The van der Waals surface area contributed by atoms with Gasteiger partial charge in [-0.25, -0.2) is 0 Å². The number of nitrogens with one attached hydrogen (secondary N) is 1. The molecular formula is C12H22N2O4. The van der Waals surface area contributed by atoms with Crippen LogP contribution in [0, 0.1) is 5.92 Å². The van der Waals surface area contributed by atoms with Gasteiger partial charge in [0.25, 0.3) is 0 Å². The minimum Gasteiger partial charge on any atom is -0.468 e. The van der Waals surface area contributed by atoms with Gasteiger partial charge in [0.2, 0.25) is 5.91 Å². The third kappa shape index (κ3) is 4.62. The van der Waals surface area contributed by atoms with E-state index in [1.54, 1.807) is 19.1 Å². The van der Waals surface area contributed by atoms with Gasteiger partial charge in [-0.2, -0.15) is 0 Å². The first kappa shape index (κ1) is 14.9. The number of esters is 1. The molecule has 104 valence electrons. The lowest BCUT2D eigenvalue weighted by atomic mass is 10.1. The van der Waals surface area contributed by atoms with Crippen LogP contribution in [-0.2, 0) is 19.1 Å². The Balaban J connectivity index is 2.38. The van der Waals surface area contributed by atoms with Gasteiger partial charge in [-0.3, -0.25) is 14.5 Å². The summed E-state index contributed by atoms with van der Waals surface area (Å²) in [5.74, 6) is -0.0389. The average Bonchev–Trinajstić information content (AvgIpc) is 3.13. The molecule has 0 bridgehead atoms. The summed E-state index contributed by atoms with van der Waals surface area (Å²) in [5, 5.41) is 2.73. The molecule has 0 aromatic rings. The van der Waals surface area contributed by atoms with E-state index >= 15 is 0 Å². The zero-order valence-electron chi connectivity index (χ0n) is 11.3. The van der Waals surface area contributed by atoms with Crippen LogP contribution in [-0.4, -0.2) is 63.8 Å². The van der Waals surface area contributed by atoms with E-state index in [0.717, 1.165) is 12.8 Å². The maximum atomic E-state index is 11.7. The molecule has 0 aliphatic heterocycles. The van der Waals surface area contributed by atoms with E-state index in [0.29, 0.717) is 19.1 Å². The zero-order chi connectivity index (χ0) is 13.5. The highest BCUT2D eigenvalue weighted by molar-refractivity contribution is 5.80. The molecule has 0 aromatic carbocycles. The smallest absolute Gasteiger partial charge is 0.323 e. The van der Waals surface area contributed by atoms with Gasteiger partial charge in [0, 0.05) is 13.7 Å². The van der Waals surface area contributed by atoms with E-state index in [2.05, 4.69) is 5.32 Å². The second-order valence-corrected chi connectivity index (χ2v) is 4.56. The molecule has 0 aromatic heterocycles. The summed E-state index contributed by atoms with van der Waals surface area (Å²) in [5.41, 5.74) is 0. The monoisotopic (exact) mass is 258 g/mol. The number of methoxy groups -OCH3 is 2. The summed E-state index contributed by atoms with van der Waals surface area (Å²) in [4.78, 5) is 25.0. The van der Waals surface area contributed by atoms with Gasteiger partial charge in [0.15, 0.2) is 0 Å². The summed E-state index contributed by atoms with van der Waals surface area (Å²) in [6, 6.07) is -0.303. The Morgan fingerprint density at radius 1 is 1.39 bits per heavy atom. The van der Waals surface area contributed by atoms with Crippen molar-refractivity contribution in [1.29, 1.82) is 0 Å². The normalized spacial score (nSPS) is 16.4. The predicted molar refractivity (Wildman–Crippen MR) is 66.0 cm³/mol. The van der Waals surface area contributed by atoms with Gasteiger partial charge in [-0.05, 0) is 25.8 Å². The van der Waals surface area contributed by atoms with Gasteiger partial charge in [-0.1, -0.05) is 0 Å². The highest BCUT2D eigenvalue weighted by atomic mass is 16.5. The molecule has 1 rings (SSSR count). The van der Waals surface area contributed by atoms with Crippen LogP contribution in [0.5, 0.6) is 0 Å². The molecule has 1 atom stereocenters. The van der Waals surface area contributed by atoms with Crippen molar-refractivity contribution in [1.82, 2.24) is 10.2 Å². The lowest BCUT2D eigenvalue weighted by Crippen LogP contribution is -2.46. The van der Waals surface area contributed by atoms with Gasteiger partial charge >= 0.3 is 5.97 Å². The third-order valence-electron chi connectivity index (χ3n) is 3.01. The third-order valence-corrected chi connectivity index (χ3v) is 3.01. The SMILES string of the molecule is COCCNC(=O)CN(C)C(C(=O)OC)C1CC1. The van der Waals surface area contributed by atoms with Crippen molar-refractivity contribution in [2.45, 2.75) is 18.9 Å². The van der Waals surface area contributed by atoms with Crippen LogP contribution < -0.4 is 5.32 Å². The zero-order valence-corrected chi connectivity index (χ0v) is 11.3. The molecule has 18 heavy (non-hydrogen) atoms. The van der Waals surface area contributed by atoms with Crippen LogP contribution in [0.25, 0.3) is 0 Å². The number of nitrogens with zero attached hydrogens (tertiary/aromatic N) is 1. The number of rotatable bonds is 8. The van der Waals surface area contributed by atoms with Gasteiger partial charge in [0.05, 0.1) is 20.3 Å². The Morgan fingerprint density at radius 3 is 2.56 bits per heavy atom. The number of carbonyl (C=O) groups excluding carboxylic acids is 2. The van der Waals surface area contributed by atoms with Crippen molar-refractivity contribution in [3.05, 3.63) is 0 Å². The van der Waals surface area contributed by atoms with Crippen molar-refractivity contribution in [2.75, 3.05) is 41.0 Å². The van der Waals surface area contributed by atoms with E-state index in [1.165, 1.54) is 7.11 Å². The first-order valence-corrected chi connectivity index (χ1v) is 6.13. The molecule has 6 nitrogen and oxygen atoms in total. The predicted octanol–water partition coefficient (Wildman–Crippen LogP) is -0.368. The molecule has 1 saturated carbocycles. The van der Waals surface area contributed by atoms with Crippen LogP contribution >= 0.6 is 0 Å².